The number of primary amides is 1. The van der Waals surface area contributed by atoms with Crippen LogP contribution in [0, 0.1) is 5.92 Å². The second-order valence-corrected chi connectivity index (χ2v) is 5.55. The SMILES string of the molecule is CCC(C)C(NC(=O)Cc1ccc(Br)cc1)C(N)=O. The van der Waals surface area contributed by atoms with E-state index in [2.05, 4.69) is 21.2 Å². The van der Waals surface area contributed by atoms with Crippen LogP contribution in [0.1, 0.15) is 25.8 Å². The van der Waals surface area contributed by atoms with Crippen LogP contribution >= 0.6 is 15.9 Å². The minimum atomic E-state index is -0.604. The molecule has 0 fully saturated rings. The second-order valence-electron chi connectivity index (χ2n) is 4.64. The summed E-state index contributed by atoms with van der Waals surface area (Å²) in [5.74, 6) is -0.642. The summed E-state index contributed by atoms with van der Waals surface area (Å²) in [6.07, 6.45) is 1.03. The highest BCUT2D eigenvalue weighted by Crippen LogP contribution is 2.12. The van der Waals surface area contributed by atoms with E-state index in [1.807, 2.05) is 38.1 Å². The molecule has 2 unspecified atom stereocenters. The van der Waals surface area contributed by atoms with Gasteiger partial charge in [-0.25, -0.2) is 0 Å². The van der Waals surface area contributed by atoms with Crippen LogP contribution in [0.5, 0.6) is 0 Å². The van der Waals surface area contributed by atoms with Gasteiger partial charge in [0.15, 0.2) is 0 Å². The fraction of sp³-hybridized carbons (Fsp3) is 0.429. The standard InChI is InChI=1S/C14H19BrN2O2/c1-3-9(2)13(14(16)19)17-12(18)8-10-4-6-11(15)7-5-10/h4-7,9,13H,3,8H2,1-2H3,(H2,16,19)(H,17,18). The summed E-state index contributed by atoms with van der Waals surface area (Å²) in [5.41, 5.74) is 6.21. The van der Waals surface area contributed by atoms with Gasteiger partial charge in [0.1, 0.15) is 6.04 Å². The number of hydrogen-bond acceptors (Lipinski definition) is 2. The molecule has 104 valence electrons. The molecule has 2 atom stereocenters. The van der Waals surface area contributed by atoms with Crippen molar-refractivity contribution >= 4 is 27.7 Å². The minimum absolute atomic E-state index is 0.0337. The first-order valence-electron chi connectivity index (χ1n) is 6.27. The summed E-state index contributed by atoms with van der Waals surface area (Å²) in [5, 5.41) is 2.71. The molecule has 1 rings (SSSR count). The van der Waals surface area contributed by atoms with Gasteiger partial charge in [-0.2, -0.15) is 0 Å². The Morgan fingerprint density at radius 1 is 1.32 bits per heavy atom. The number of halogens is 1. The van der Waals surface area contributed by atoms with Crippen LogP contribution in [0.15, 0.2) is 28.7 Å². The summed E-state index contributed by atoms with van der Waals surface area (Å²) < 4.78 is 0.964. The Kier molecular flexibility index (Phi) is 6.02. The van der Waals surface area contributed by atoms with E-state index in [1.54, 1.807) is 0 Å². The molecule has 0 spiro atoms. The zero-order chi connectivity index (χ0) is 14.4. The van der Waals surface area contributed by atoms with Crippen molar-refractivity contribution in [2.24, 2.45) is 11.7 Å². The van der Waals surface area contributed by atoms with Crippen LogP contribution in [-0.2, 0) is 16.0 Å². The molecule has 0 saturated heterocycles. The molecule has 0 heterocycles. The van der Waals surface area contributed by atoms with Crippen molar-refractivity contribution in [1.29, 1.82) is 0 Å². The summed E-state index contributed by atoms with van der Waals surface area (Å²) in [6, 6.07) is 6.89. The van der Waals surface area contributed by atoms with Gasteiger partial charge >= 0.3 is 0 Å². The molecule has 19 heavy (non-hydrogen) atoms. The third-order valence-electron chi connectivity index (χ3n) is 3.11. The highest BCUT2D eigenvalue weighted by Gasteiger charge is 2.23. The van der Waals surface area contributed by atoms with E-state index < -0.39 is 11.9 Å². The van der Waals surface area contributed by atoms with E-state index in [4.69, 9.17) is 5.73 Å². The predicted octanol–water partition coefficient (Wildman–Crippen LogP) is 2.01. The van der Waals surface area contributed by atoms with Crippen molar-refractivity contribution in [3.05, 3.63) is 34.3 Å². The quantitative estimate of drug-likeness (QED) is 0.839. The molecule has 0 aromatic heterocycles. The molecule has 1 aromatic rings. The molecular formula is C14H19BrN2O2. The van der Waals surface area contributed by atoms with E-state index in [0.29, 0.717) is 0 Å². The Balaban J connectivity index is 2.62. The topological polar surface area (TPSA) is 72.2 Å². The third kappa shape index (κ3) is 5.03. The fourth-order valence-corrected chi connectivity index (χ4v) is 2.01. The Morgan fingerprint density at radius 2 is 1.89 bits per heavy atom. The van der Waals surface area contributed by atoms with Gasteiger partial charge in [0, 0.05) is 4.47 Å². The van der Waals surface area contributed by atoms with Crippen LogP contribution in [-0.4, -0.2) is 17.9 Å². The van der Waals surface area contributed by atoms with Gasteiger partial charge in [-0.05, 0) is 23.6 Å². The van der Waals surface area contributed by atoms with Gasteiger partial charge in [-0.3, -0.25) is 9.59 Å². The molecular weight excluding hydrogens is 308 g/mol. The van der Waals surface area contributed by atoms with Crippen molar-refractivity contribution in [2.75, 3.05) is 0 Å². The van der Waals surface area contributed by atoms with Crippen molar-refractivity contribution in [1.82, 2.24) is 5.32 Å². The van der Waals surface area contributed by atoms with Crippen LogP contribution in [0.3, 0.4) is 0 Å². The lowest BCUT2D eigenvalue weighted by Gasteiger charge is -2.21. The maximum Gasteiger partial charge on any atom is 0.240 e. The van der Waals surface area contributed by atoms with Crippen LogP contribution in [0.4, 0.5) is 0 Å². The molecule has 2 amide bonds. The van der Waals surface area contributed by atoms with E-state index in [0.717, 1.165) is 16.5 Å². The Labute approximate surface area is 121 Å². The molecule has 3 N–H and O–H groups in total. The fourth-order valence-electron chi connectivity index (χ4n) is 1.74. The van der Waals surface area contributed by atoms with Gasteiger partial charge in [0.25, 0.3) is 0 Å². The zero-order valence-electron chi connectivity index (χ0n) is 11.2. The number of rotatable bonds is 6. The lowest BCUT2D eigenvalue weighted by atomic mass is 9.98. The Bertz CT molecular complexity index is 445. The first kappa shape index (κ1) is 15.7. The molecule has 0 aliphatic carbocycles. The summed E-state index contributed by atoms with van der Waals surface area (Å²) in [6.45, 7) is 3.86. The molecule has 0 aliphatic heterocycles. The van der Waals surface area contributed by atoms with Crippen LogP contribution < -0.4 is 11.1 Å². The second kappa shape index (κ2) is 7.28. The number of carbonyl (C=O) groups excluding carboxylic acids is 2. The van der Waals surface area contributed by atoms with Gasteiger partial charge in [0.05, 0.1) is 6.42 Å². The van der Waals surface area contributed by atoms with Gasteiger partial charge in [0.2, 0.25) is 11.8 Å². The average molecular weight is 327 g/mol. The molecule has 0 aliphatic rings. The number of carbonyl (C=O) groups is 2. The summed E-state index contributed by atoms with van der Waals surface area (Å²) in [7, 11) is 0. The molecule has 5 heteroatoms. The molecule has 0 bridgehead atoms. The predicted molar refractivity (Wildman–Crippen MR) is 78.4 cm³/mol. The average Bonchev–Trinajstić information content (AvgIpc) is 2.37. The molecule has 4 nitrogen and oxygen atoms in total. The first-order chi connectivity index (χ1) is 8.93. The molecule has 0 saturated carbocycles. The lowest BCUT2D eigenvalue weighted by molar-refractivity contribution is -0.128. The summed E-state index contributed by atoms with van der Waals surface area (Å²) >= 11 is 3.34. The zero-order valence-corrected chi connectivity index (χ0v) is 12.7. The smallest absolute Gasteiger partial charge is 0.240 e. The van der Waals surface area contributed by atoms with E-state index in [9.17, 15) is 9.59 Å². The van der Waals surface area contributed by atoms with Gasteiger partial charge < -0.3 is 11.1 Å². The maximum atomic E-state index is 11.9. The van der Waals surface area contributed by atoms with Crippen LogP contribution in [0.25, 0.3) is 0 Å². The largest absolute Gasteiger partial charge is 0.368 e. The summed E-state index contributed by atoms with van der Waals surface area (Å²) in [4.78, 5) is 23.2. The Morgan fingerprint density at radius 3 is 2.37 bits per heavy atom. The van der Waals surface area contributed by atoms with Crippen molar-refractivity contribution in [2.45, 2.75) is 32.7 Å². The van der Waals surface area contributed by atoms with E-state index >= 15 is 0 Å². The molecule has 0 radical (unpaired) electrons. The van der Waals surface area contributed by atoms with Crippen molar-refractivity contribution in [3.8, 4) is 0 Å². The normalized spacial score (nSPS) is 13.6. The maximum absolute atomic E-state index is 11.9. The minimum Gasteiger partial charge on any atom is -0.368 e. The number of amides is 2. The highest BCUT2D eigenvalue weighted by molar-refractivity contribution is 9.10. The number of benzene rings is 1. The van der Waals surface area contributed by atoms with Crippen molar-refractivity contribution in [3.63, 3.8) is 0 Å². The monoisotopic (exact) mass is 326 g/mol. The van der Waals surface area contributed by atoms with Gasteiger partial charge in [-0.1, -0.05) is 48.3 Å². The first-order valence-corrected chi connectivity index (χ1v) is 7.06. The number of hydrogen-bond donors (Lipinski definition) is 2. The van der Waals surface area contributed by atoms with Gasteiger partial charge in [-0.15, -0.1) is 0 Å². The number of nitrogens with two attached hydrogens (primary N) is 1. The van der Waals surface area contributed by atoms with E-state index in [-0.39, 0.29) is 18.2 Å². The van der Waals surface area contributed by atoms with E-state index in [1.165, 1.54) is 0 Å². The van der Waals surface area contributed by atoms with Crippen LogP contribution in [0.2, 0.25) is 0 Å². The number of nitrogens with one attached hydrogen (secondary N) is 1. The van der Waals surface area contributed by atoms with Crippen molar-refractivity contribution < 1.29 is 9.59 Å². The highest BCUT2D eigenvalue weighted by atomic mass is 79.9. The molecule has 1 aromatic carbocycles. The third-order valence-corrected chi connectivity index (χ3v) is 3.64. The Hall–Kier alpha value is -1.36. The lowest BCUT2D eigenvalue weighted by Crippen LogP contribution is -2.48.